The number of methoxy groups -OCH3 is 1. The van der Waals surface area contributed by atoms with Crippen molar-refractivity contribution in [1.29, 1.82) is 0 Å². The molecule has 0 spiro atoms. The van der Waals surface area contributed by atoms with Crippen molar-refractivity contribution in [2.75, 3.05) is 12.0 Å². The van der Waals surface area contributed by atoms with Crippen molar-refractivity contribution in [3.8, 4) is 5.75 Å². The molecular weight excluding hydrogens is 498 g/mol. The van der Waals surface area contributed by atoms with E-state index >= 15 is 0 Å². The molecule has 3 aromatic rings. The van der Waals surface area contributed by atoms with Gasteiger partial charge in [-0.25, -0.2) is 9.69 Å². The Morgan fingerprint density at radius 2 is 1.62 bits per heavy atom. The molecule has 0 bridgehead atoms. The first kappa shape index (κ1) is 26.1. The molecule has 1 aliphatic carbocycles. The molecule has 1 atom stereocenters. The minimum Gasteiger partial charge on any atom is -0.497 e. The number of fused-ring (bicyclic) bond motifs is 1. The summed E-state index contributed by atoms with van der Waals surface area (Å²) in [6.07, 6.45) is 6.64. The number of nitrogens with one attached hydrogen (secondary N) is 1. The van der Waals surface area contributed by atoms with Crippen LogP contribution in [0.2, 0.25) is 0 Å². The van der Waals surface area contributed by atoms with Crippen LogP contribution >= 0.6 is 0 Å². The molecule has 39 heavy (non-hydrogen) atoms. The fourth-order valence-corrected chi connectivity index (χ4v) is 5.52. The van der Waals surface area contributed by atoms with Gasteiger partial charge in [0.05, 0.1) is 29.3 Å². The zero-order valence-electron chi connectivity index (χ0n) is 21.6. The SMILES string of the molecule is COc1ccc(CC2(C(=O)N[C@@H](Cc3ccc(N4C(=O)c5ccncc5C4=O)cc3)C(=O)O)CCCC2)cc1. The van der Waals surface area contributed by atoms with Crippen molar-refractivity contribution in [3.05, 3.63) is 89.2 Å². The molecule has 1 fully saturated rings. The van der Waals surface area contributed by atoms with Gasteiger partial charge in [-0.05, 0) is 60.7 Å². The first-order valence-corrected chi connectivity index (χ1v) is 12.9. The maximum atomic E-state index is 13.5. The lowest BCUT2D eigenvalue weighted by Gasteiger charge is -2.30. The van der Waals surface area contributed by atoms with E-state index in [1.165, 1.54) is 18.5 Å². The summed E-state index contributed by atoms with van der Waals surface area (Å²) in [5.41, 5.74) is 1.91. The van der Waals surface area contributed by atoms with E-state index in [1.807, 2.05) is 24.3 Å². The lowest BCUT2D eigenvalue weighted by Crippen LogP contribution is -2.49. The van der Waals surface area contributed by atoms with Crippen molar-refractivity contribution in [1.82, 2.24) is 10.3 Å². The quantitative estimate of drug-likeness (QED) is 0.405. The van der Waals surface area contributed by atoms with Crippen molar-refractivity contribution in [2.24, 2.45) is 5.41 Å². The maximum absolute atomic E-state index is 13.5. The second-order valence-electron chi connectivity index (χ2n) is 10.1. The third kappa shape index (κ3) is 5.12. The summed E-state index contributed by atoms with van der Waals surface area (Å²) in [4.78, 5) is 56.1. The number of imide groups is 1. The number of nitrogens with zero attached hydrogens (tertiary/aromatic N) is 2. The highest BCUT2D eigenvalue weighted by Crippen LogP contribution is 2.41. The molecular formula is C30H29N3O6. The van der Waals surface area contributed by atoms with Gasteiger partial charge in [-0.1, -0.05) is 37.1 Å². The first-order chi connectivity index (χ1) is 18.8. The minimum atomic E-state index is -1.13. The maximum Gasteiger partial charge on any atom is 0.326 e. The second-order valence-corrected chi connectivity index (χ2v) is 10.1. The van der Waals surface area contributed by atoms with E-state index in [-0.39, 0.29) is 17.9 Å². The van der Waals surface area contributed by atoms with Crippen LogP contribution in [0.3, 0.4) is 0 Å². The molecule has 0 unspecified atom stereocenters. The highest BCUT2D eigenvalue weighted by molar-refractivity contribution is 6.34. The summed E-state index contributed by atoms with van der Waals surface area (Å²) in [5, 5.41) is 12.7. The number of carboxylic acids is 1. The van der Waals surface area contributed by atoms with Crippen LogP contribution in [0.25, 0.3) is 0 Å². The molecule has 2 aromatic carbocycles. The van der Waals surface area contributed by atoms with Crippen molar-refractivity contribution >= 4 is 29.4 Å². The van der Waals surface area contributed by atoms with Crippen LogP contribution in [0.1, 0.15) is 57.5 Å². The van der Waals surface area contributed by atoms with Crippen molar-refractivity contribution in [3.63, 3.8) is 0 Å². The van der Waals surface area contributed by atoms with Crippen molar-refractivity contribution < 1.29 is 29.0 Å². The van der Waals surface area contributed by atoms with Gasteiger partial charge in [-0.15, -0.1) is 0 Å². The smallest absolute Gasteiger partial charge is 0.326 e. The summed E-state index contributed by atoms with van der Waals surface area (Å²) in [7, 11) is 1.60. The normalized spacial score (nSPS) is 16.6. The molecule has 0 saturated heterocycles. The predicted octanol–water partition coefficient (Wildman–Crippen LogP) is 3.81. The Kier molecular flexibility index (Phi) is 7.15. The minimum absolute atomic E-state index is 0.0615. The zero-order chi connectivity index (χ0) is 27.6. The number of carbonyl (C=O) groups is 4. The van der Waals surface area contributed by atoms with Crippen LogP contribution < -0.4 is 15.0 Å². The van der Waals surface area contributed by atoms with Gasteiger partial charge in [0.25, 0.3) is 11.8 Å². The number of hydrogen-bond donors (Lipinski definition) is 2. The fourth-order valence-electron chi connectivity index (χ4n) is 5.52. The number of carboxylic acid groups (broad SMARTS) is 1. The van der Waals surface area contributed by atoms with Gasteiger partial charge in [0, 0.05) is 18.8 Å². The summed E-state index contributed by atoms with van der Waals surface area (Å²) in [5.74, 6) is -1.53. The van der Waals surface area contributed by atoms with Crippen LogP contribution in [-0.4, -0.2) is 46.9 Å². The van der Waals surface area contributed by atoms with Gasteiger partial charge in [-0.2, -0.15) is 0 Å². The Labute approximate surface area is 225 Å². The Balaban J connectivity index is 1.28. The van der Waals surface area contributed by atoms with E-state index in [2.05, 4.69) is 10.3 Å². The van der Waals surface area contributed by atoms with Gasteiger partial charge in [0.15, 0.2) is 0 Å². The Bertz CT molecular complexity index is 1380. The van der Waals surface area contributed by atoms with Gasteiger partial charge in [0.2, 0.25) is 5.91 Å². The first-order valence-electron chi connectivity index (χ1n) is 12.9. The number of aromatic nitrogens is 1. The molecule has 2 heterocycles. The van der Waals surface area contributed by atoms with Crippen LogP contribution in [0.4, 0.5) is 5.69 Å². The van der Waals surface area contributed by atoms with Gasteiger partial charge >= 0.3 is 5.97 Å². The molecule has 5 rings (SSSR count). The Morgan fingerprint density at radius 3 is 2.23 bits per heavy atom. The molecule has 1 aliphatic heterocycles. The molecule has 2 aliphatic rings. The molecule has 2 N–H and O–H groups in total. The molecule has 3 amide bonds. The number of benzene rings is 2. The summed E-state index contributed by atoms with van der Waals surface area (Å²) in [6, 6.07) is 14.5. The summed E-state index contributed by atoms with van der Waals surface area (Å²) < 4.78 is 5.23. The van der Waals surface area contributed by atoms with E-state index in [0.717, 1.165) is 29.1 Å². The molecule has 1 aromatic heterocycles. The van der Waals surface area contributed by atoms with E-state index in [4.69, 9.17) is 4.74 Å². The Hall–Kier alpha value is -4.53. The third-order valence-corrected chi connectivity index (χ3v) is 7.67. The number of anilines is 1. The van der Waals surface area contributed by atoms with Crippen LogP contribution in [0.15, 0.2) is 67.0 Å². The van der Waals surface area contributed by atoms with Crippen LogP contribution in [0, 0.1) is 5.41 Å². The monoisotopic (exact) mass is 527 g/mol. The molecule has 200 valence electrons. The fraction of sp³-hybridized carbons (Fsp3) is 0.300. The molecule has 9 heteroatoms. The number of carbonyl (C=O) groups excluding carboxylic acids is 3. The largest absolute Gasteiger partial charge is 0.497 e. The van der Waals surface area contributed by atoms with Gasteiger partial charge < -0.3 is 15.2 Å². The van der Waals surface area contributed by atoms with Crippen LogP contribution in [0.5, 0.6) is 5.75 Å². The average molecular weight is 528 g/mol. The standard InChI is InChI=1S/C30H29N3O6/c1-39-22-10-6-20(7-11-22)17-30(13-2-3-14-30)29(38)32-25(28(36)37)16-19-4-8-21(9-5-19)33-26(34)23-12-15-31-18-24(23)27(33)35/h4-12,15,18,25H,2-3,13-14,16-17H2,1H3,(H,32,38)(H,36,37)/t25-/m0/s1. The topological polar surface area (TPSA) is 126 Å². The highest BCUT2D eigenvalue weighted by atomic mass is 16.5. The summed E-state index contributed by atoms with van der Waals surface area (Å²) >= 11 is 0. The molecule has 0 radical (unpaired) electrons. The lowest BCUT2D eigenvalue weighted by molar-refractivity contribution is -0.143. The third-order valence-electron chi connectivity index (χ3n) is 7.67. The lowest BCUT2D eigenvalue weighted by atomic mass is 9.78. The molecule has 9 nitrogen and oxygen atoms in total. The van der Waals surface area contributed by atoms with Crippen molar-refractivity contribution in [2.45, 2.75) is 44.6 Å². The van der Waals surface area contributed by atoms with Gasteiger partial charge in [0.1, 0.15) is 11.8 Å². The molecule has 1 saturated carbocycles. The van der Waals surface area contributed by atoms with E-state index < -0.39 is 29.2 Å². The average Bonchev–Trinajstić information content (AvgIpc) is 3.52. The number of amides is 3. The number of aliphatic carboxylic acids is 1. The van der Waals surface area contributed by atoms with E-state index in [9.17, 15) is 24.3 Å². The van der Waals surface area contributed by atoms with E-state index in [1.54, 1.807) is 31.4 Å². The number of rotatable bonds is 9. The van der Waals surface area contributed by atoms with Gasteiger partial charge in [-0.3, -0.25) is 19.4 Å². The zero-order valence-corrected chi connectivity index (χ0v) is 21.6. The predicted molar refractivity (Wildman–Crippen MR) is 143 cm³/mol. The highest BCUT2D eigenvalue weighted by Gasteiger charge is 2.42. The number of pyridine rings is 1. The summed E-state index contributed by atoms with van der Waals surface area (Å²) in [6.45, 7) is 0. The number of hydrogen-bond acceptors (Lipinski definition) is 6. The van der Waals surface area contributed by atoms with Crippen LogP contribution in [-0.2, 0) is 22.4 Å². The number of ether oxygens (including phenoxy) is 1. The van der Waals surface area contributed by atoms with E-state index in [0.29, 0.717) is 36.1 Å². The Morgan fingerprint density at radius 1 is 0.974 bits per heavy atom. The second kappa shape index (κ2) is 10.7.